The second-order valence-corrected chi connectivity index (χ2v) is 6.92. The first-order chi connectivity index (χ1) is 8.44. The largest absolute Gasteiger partial charge is 0.352 e. The number of rotatable bonds is 3. The van der Waals surface area contributed by atoms with E-state index < -0.39 is 0 Å². The molecule has 0 heterocycles. The zero-order valence-corrected chi connectivity index (χ0v) is 12.0. The maximum atomic E-state index is 12.3. The van der Waals surface area contributed by atoms with Crippen LogP contribution >= 0.6 is 0 Å². The summed E-state index contributed by atoms with van der Waals surface area (Å²) in [5.41, 5.74) is 5.88. The van der Waals surface area contributed by atoms with Gasteiger partial charge in [0.1, 0.15) is 0 Å². The molecule has 2 aliphatic carbocycles. The van der Waals surface area contributed by atoms with Gasteiger partial charge in [-0.2, -0.15) is 0 Å². The van der Waals surface area contributed by atoms with Crippen LogP contribution in [0.2, 0.25) is 0 Å². The fraction of sp³-hybridized carbons (Fsp3) is 0.933. The van der Waals surface area contributed by atoms with E-state index in [1.165, 1.54) is 19.3 Å². The maximum Gasteiger partial charge on any atom is 0.225 e. The normalized spacial score (nSPS) is 36.2. The van der Waals surface area contributed by atoms with Crippen molar-refractivity contribution in [2.24, 2.45) is 23.0 Å². The van der Waals surface area contributed by atoms with Gasteiger partial charge in [0.05, 0.1) is 0 Å². The lowest BCUT2D eigenvalue weighted by Gasteiger charge is -2.46. The van der Waals surface area contributed by atoms with Crippen LogP contribution in [-0.2, 0) is 4.79 Å². The van der Waals surface area contributed by atoms with Gasteiger partial charge in [-0.05, 0) is 43.9 Å². The maximum absolute atomic E-state index is 12.3. The molecule has 1 amide bonds. The van der Waals surface area contributed by atoms with Crippen LogP contribution in [0.5, 0.6) is 0 Å². The van der Waals surface area contributed by atoms with E-state index in [0.717, 1.165) is 19.3 Å². The molecule has 0 aliphatic heterocycles. The molecule has 2 unspecified atom stereocenters. The number of carbonyl (C=O) groups excluding carboxylic acids is 1. The number of nitrogens with two attached hydrogens (primary N) is 1. The Balaban J connectivity index is 2.03. The average molecular weight is 252 g/mol. The lowest BCUT2D eigenvalue weighted by Crippen LogP contribution is -2.55. The molecular formula is C15H28N2O. The summed E-state index contributed by atoms with van der Waals surface area (Å²) in [5, 5.41) is 3.34. The Hall–Kier alpha value is -0.570. The van der Waals surface area contributed by atoms with E-state index in [0.29, 0.717) is 23.9 Å². The third kappa shape index (κ3) is 2.71. The van der Waals surface area contributed by atoms with E-state index in [1.807, 2.05) is 13.8 Å². The highest BCUT2D eigenvalue weighted by Gasteiger charge is 2.41. The monoisotopic (exact) mass is 252 g/mol. The number of hydrogen-bond acceptors (Lipinski definition) is 2. The summed E-state index contributed by atoms with van der Waals surface area (Å²) in [6, 6.07) is 0.740. The summed E-state index contributed by atoms with van der Waals surface area (Å²) in [7, 11) is 0. The van der Waals surface area contributed by atoms with Crippen LogP contribution in [0.15, 0.2) is 0 Å². The van der Waals surface area contributed by atoms with E-state index in [-0.39, 0.29) is 11.3 Å². The Kier molecular flexibility index (Phi) is 4.00. The minimum absolute atomic E-state index is 0.224. The zero-order chi connectivity index (χ0) is 13.3. The van der Waals surface area contributed by atoms with Gasteiger partial charge in [-0.3, -0.25) is 4.79 Å². The molecular weight excluding hydrogens is 224 g/mol. The number of amides is 1. The van der Waals surface area contributed by atoms with Crippen molar-refractivity contribution >= 4 is 5.91 Å². The van der Waals surface area contributed by atoms with Crippen LogP contribution in [0, 0.1) is 17.3 Å². The summed E-state index contributed by atoms with van der Waals surface area (Å²) >= 11 is 0. The van der Waals surface area contributed by atoms with Crippen molar-refractivity contribution in [2.45, 2.75) is 71.4 Å². The molecule has 2 bridgehead atoms. The quantitative estimate of drug-likeness (QED) is 0.810. The number of nitrogens with one attached hydrogen (secondary N) is 1. The van der Waals surface area contributed by atoms with E-state index >= 15 is 0 Å². The van der Waals surface area contributed by atoms with Crippen molar-refractivity contribution in [1.82, 2.24) is 5.32 Å². The Bertz CT molecular complexity index is 300. The van der Waals surface area contributed by atoms with Crippen molar-refractivity contribution in [3.63, 3.8) is 0 Å². The lowest BCUT2D eigenvalue weighted by atomic mass is 9.66. The highest BCUT2D eigenvalue weighted by atomic mass is 16.2. The van der Waals surface area contributed by atoms with Gasteiger partial charge in [0.25, 0.3) is 0 Å². The van der Waals surface area contributed by atoms with Crippen molar-refractivity contribution in [3.05, 3.63) is 0 Å². The van der Waals surface area contributed by atoms with Crippen LogP contribution in [0.3, 0.4) is 0 Å². The third-order valence-electron chi connectivity index (χ3n) is 5.17. The van der Waals surface area contributed by atoms with E-state index in [1.54, 1.807) is 0 Å². The summed E-state index contributed by atoms with van der Waals surface area (Å²) in [6.45, 7) is 6.15. The molecule has 2 saturated carbocycles. The summed E-state index contributed by atoms with van der Waals surface area (Å²) in [5.74, 6) is 1.45. The Labute approximate surface area is 111 Å². The molecule has 3 N–H and O–H groups in total. The molecule has 0 aromatic rings. The number of hydrogen-bond donors (Lipinski definition) is 2. The minimum Gasteiger partial charge on any atom is -0.352 e. The topological polar surface area (TPSA) is 55.1 Å². The fourth-order valence-electron chi connectivity index (χ4n) is 3.53. The van der Waals surface area contributed by atoms with Crippen molar-refractivity contribution in [1.29, 1.82) is 0 Å². The molecule has 2 atom stereocenters. The molecule has 2 fully saturated rings. The first-order valence-electron chi connectivity index (χ1n) is 7.50. The molecule has 0 aromatic carbocycles. The van der Waals surface area contributed by atoms with Gasteiger partial charge in [0.15, 0.2) is 0 Å². The zero-order valence-electron chi connectivity index (χ0n) is 12.0. The number of fused-ring (bicyclic) bond motifs is 2. The highest BCUT2D eigenvalue weighted by molar-refractivity contribution is 5.82. The third-order valence-corrected chi connectivity index (χ3v) is 5.17. The van der Waals surface area contributed by atoms with Gasteiger partial charge in [-0.15, -0.1) is 0 Å². The van der Waals surface area contributed by atoms with Crippen molar-refractivity contribution in [3.8, 4) is 0 Å². The van der Waals surface area contributed by atoms with Gasteiger partial charge < -0.3 is 11.1 Å². The second kappa shape index (κ2) is 5.20. The van der Waals surface area contributed by atoms with Crippen molar-refractivity contribution < 1.29 is 4.79 Å². The van der Waals surface area contributed by atoms with E-state index in [9.17, 15) is 4.79 Å². The molecule has 0 spiro atoms. The first kappa shape index (κ1) is 13.9. The van der Waals surface area contributed by atoms with Gasteiger partial charge >= 0.3 is 0 Å². The second-order valence-electron chi connectivity index (χ2n) is 6.92. The standard InChI is InChI=1S/C15H28N2O/c1-4-15(2,3)14(18)17-13-10-6-5-7-11(13)9-12(16)8-10/h10-13H,4-9,16H2,1-3H3,(H,17,18). The summed E-state index contributed by atoms with van der Waals surface area (Å²) in [6.07, 6.45) is 6.86. The lowest BCUT2D eigenvalue weighted by molar-refractivity contribution is -0.132. The molecule has 0 radical (unpaired) electrons. The summed E-state index contributed by atoms with van der Waals surface area (Å²) in [4.78, 5) is 12.3. The highest BCUT2D eigenvalue weighted by Crippen LogP contribution is 2.40. The molecule has 3 nitrogen and oxygen atoms in total. The van der Waals surface area contributed by atoms with Crippen LogP contribution in [0.1, 0.15) is 59.3 Å². The molecule has 2 rings (SSSR count). The van der Waals surface area contributed by atoms with E-state index in [2.05, 4.69) is 12.2 Å². The molecule has 18 heavy (non-hydrogen) atoms. The summed E-state index contributed by atoms with van der Waals surface area (Å²) < 4.78 is 0. The van der Waals surface area contributed by atoms with Gasteiger partial charge in [-0.25, -0.2) is 0 Å². The smallest absolute Gasteiger partial charge is 0.225 e. The van der Waals surface area contributed by atoms with Crippen molar-refractivity contribution in [2.75, 3.05) is 0 Å². The Morgan fingerprint density at radius 1 is 1.28 bits per heavy atom. The minimum atomic E-state index is -0.242. The fourth-order valence-corrected chi connectivity index (χ4v) is 3.53. The van der Waals surface area contributed by atoms with Gasteiger partial charge in [0.2, 0.25) is 5.91 Å². The molecule has 3 heteroatoms. The SMILES string of the molecule is CCC(C)(C)C(=O)NC1C2CCCC1CC(N)C2. The molecule has 2 aliphatic rings. The Morgan fingerprint density at radius 2 is 1.83 bits per heavy atom. The molecule has 104 valence electrons. The van der Waals surface area contributed by atoms with Crippen LogP contribution in [-0.4, -0.2) is 18.0 Å². The number of carbonyl (C=O) groups is 1. The van der Waals surface area contributed by atoms with Gasteiger partial charge in [-0.1, -0.05) is 27.2 Å². The first-order valence-corrected chi connectivity index (χ1v) is 7.50. The predicted molar refractivity (Wildman–Crippen MR) is 74.0 cm³/mol. The predicted octanol–water partition coefficient (Wildman–Crippen LogP) is 2.44. The Morgan fingerprint density at radius 3 is 2.33 bits per heavy atom. The van der Waals surface area contributed by atoms with Gasteiger partial charge in [0, 0.05) is 17.5 Å². The van der Waals surface area contributed by atoms with Crippen LogP contribution in [0.4, 0.5) is 0 Å². The van der Waals surface area contributed by atoms with Crippen LogP contribution < -0.4 is 11.1 Å². The molecule has 0 aromatic heterocycles. The average Bonchev–Trinajstić information content (AvgIpc) is 2.30. The van der Waals surface area contributed by atoms with E-state index in [4.69, 9.17) is 5.73 Å². The van der Waals surface area contributed by atoms with Crippen LogP contribution in [0.25, 0.3) is 0 Å². The molecule has 0 saturated heterocycles.